The topological polar surface area (TPSA) is 48.1 Å². The molecule has 2 N–H and O–H groups in total. The van der Waals surface area contributed by atoms with Gasteiger partial charge < -0.3 is 10.5 Å². The van der Waals surface area contributed by atoms with Gasteiger partial charge in [0.1, 0.15) is 5.75 Å². The van der Waals surface area contributed by atoms with Crippen molar-refractivity contribution in [2.24, 2.45) is 5.73 Å². The zero-order valence-corrected chi connectivity index (χ0v) is 9.13. The van der Waals surface area contributed by atoms with E-state index in [-0.39, 0.29) is 6.04 Å². The van der Waals surface area contributed by atoms with Crippen molar-refractivity contribution in [2.45, 2.75) is 6.04 Å². The summed E-state index contributed by atoms with van der Waals surface area (Å²) < 4.78 is 5.29. The van der Waals surface area contributed by atoms with E-state index in [4.69, 9.17) is 10.5 Å². The summed E-state index contributed by atoms with van der Waals surface area (Å²) in [6.07, 6.45) is 3.48. The van der Waals surface area contributed by atoms with Gasteiger partial charge in [-0.1, -0.05) is 18.2 Å². The fourth-order valence-electron chi connectivity index (χ4n) is 1.67. The predicted octanol–water partition coefficient (Wildman–Crippen LogP) is 2.14. The van der Waals surface area contributed by atoms with E-state index in [0.29, 0.717) is 0 Å². The molecule has 0 saturated carbocycles. The number of nitrogens with zero attached hydrogens (tertiary/aromatic N) is 1. The Hall–Kier alpha value is -1.87. The zero-order chi connectivity index (χ0) is 11.4. The third-order valence-corrected chi connectivity index (χ3v) is 2.54. The normalized spacial score (nSPS) is 12.1. The lowest BCUT2D eigenvalue weighted by atomic mass is 10.00. The predicted molar refractivity (Wildman–Crippen MR) is 63.3 cm³/mol. The highest BCUT2D eigenvalue weighted by Gasteiger charge is 2.12. The summed E-state index contributed by atoms with van der Waals surface area (Å²) in [4.78, 5) is 3.98. The molecule has 1 heterocycles. The molecular weight excluding hydrogens is 200 g/mol. The van der Waals surface area contributed by atoms with Gasteiger partial charge in [-0.05, 0) is 23.8 Å². The van der Waals surface area contributed by atoms with E-state index in [1.165, 1.54) is 0 Å². The molecule has 0 aliphatic rings. The first kappa shape index (κ1) is 10.6. The summed E-state index contributed by atoms with van der Waals surface area (Å²) in [5.74, 6) is 0.812. The van der Waals surface area contributed by atoms with Crippen LogP contribution in [-0.2, 0) is 0 Å². The van der Waals surface area contributed by atoms with Crippen molar-refractivity contribution in [3.8, 4) is 5.75 Å². The minimum Gasteiger partial charge on any atom is -0.496 e. The fourth-order valence-corrected chi connectivity index (χ4v) is 1.67. The van der Waals surface area contributed by atoms with Gasteiger partial charge in [0.25, 0.3) is 0 Å². The molecule has 0 radical (unpaired) electrons. The standard InChI is InChI=1S/C13H14N2O/c1-16-12-5-3-2-4-11(12)13(14)10-6-8-15-9-7-10/h2-9,13H,14H2,1H3/t13-/m1/s1. The molecule has 2 aromatic rings. The molecule has 0 bridgehead atoms. The van der Waals surface area contributed by atoms with Gasteiger partial charge in [-0.15, -0.1) is 0 Å². The maximum absolute atomic E-state index is 6.18. The minimum atomic E-state index is -0.181. The molecule has 1 atom stereocenters. The Morgan fingerprint density at radius 2 is 1.81 bits per heavy atom. The summed E-state index contributed by atoms with van der Waals surface area (Å²) >= 11 is 0. The molecule has 0 spiro atoms. The quantitative estimate of drug-likeness (QED) is 0.851. The average Bonchev–Trinajstić information content (AvgIpc) is 2.39. The molecule has 1 aromatic heterocycles. The van der Waals surface area contributed by atoms with Crippen molar-refractivity contribution in [3.05, 3.63) is 59.9 Å². The molecule has 16 heavy (non-hydrogen) atoms. The molecule has 1 aromatic carbocycles. The van der Waals surface area contributed by atoms with Crippen molar-refractivity contribution in [1.29, 1.82) is 0 Å². The van der Waals surface area contributed by atoms with Crippen LogP contribution in [0, 0.1) is 0 Å². The molecule has 0 amide bonds. The Kier molecular flexibility index (Phi) is 3.17. The van der Waals surface area contributed by atoms with Gasteiger partial charge in [0.05, 0.1) is 13.2 Å². The van der Waals surface area contributed by atoms with Crippen LogP contribution in [0.4, 0.5) is 0 Å². The number of hydrogen-bond donors (Lipinski definition) is 1. The minimum absolute atomic E-state index is 0.181. The number of methoxy groups -OCH3 is 1. The van der Waals surface area contributed by atoms with E-state index >= 15 is 0 Å². The number of para-hydroxylation sites is 1. The number of aromatic nitrogens is 1. The summed E-state index contributed by atoms with van der Waals surface area (Å²) in [6.45, 7) is 0. The van der Waals surface area contributed by atoms with Gasteiger partial charge in [0, 0.05) is 18.0 Å². The zero-order valence-electron chi connectivity index (χ0n) is 9.13. The van der Waals surface area contributed by atoms with Crippen LogP contribution >= 0.6 is 0 Å². The average molecular weight is 214 g/mol. The van der Waals surface area contributed by atoms with E-state index in [1.807, 2.05) is 36.4 Å². The van der Waals surface area contributed by atoms with E-state index < -0.39 is 0 Å². The van der Waals surface area contributed by atoms with Crippen LogP contribution in [0.15, 0.2) is 48.8 Å². The second-order valence-electron chi connectivity index (χ2n) is 3.50. The van der Waals surface area contributed by atoms with Gasteiger partial charge in [-0.3, -0.25) is 4.98 Å². The highest BCUT2D eigenvalue weighted by Crippen LogP contribution is 2.27. The van der Waals surface area contributed by atoms with Crippen LogP contribution in [0.1, 0.15) is 17.2 Å². The highest BCUT2D eigenvalue weighted by molar-refractivity contribution is 5.40. The molecule has 0 aliphatic heterocycles. The number of rotatable bonds is 3. The number of benzene rings is 1. The first-order chi connectivity index (χ1) is 7.83. The summed E-state index contributed by atoms with van der Waals surface area (Å²) in [6, 6.07) is 11.4. The SMILES string of the molecule is COc1ccccc1[C@H](N)c1ccncc1. The van der Waals surface area contributed by atoms with E-state index in [9.17, 15) is 0 Å². The summed E-state index contributed by atoms with van der Waals surface area (Å²) in [5.41, 5.74) is 8.19. The number of hydrogen-bond acceptors (Lipinski definition) is 3. The van der Waals surface area contributed by atoms with Gasteiger partial charge in [0.2, 0.25) is 0 Å². The fraction of sp³-hybridized carbons (Fsp3) is 0.154. The molecule has 3 heteroatoms. The van der Waals surface area contributed by atoms with Crippen LogP contribution in [0.3, 0.4) is 0 Å². The van der Waals surface area contributed by atoms with Crippen LogP contribution in [0.2, 0.25) is 0 Å². The molecule has 0 fully saturated rings. The lowest BCUT2D eigenvalue weighted by molar-refractivity contribution is 0.408. The van der Waals surface area contributed by atoms with Gasteiger partial charge in [0.15, 0.2) is 0 Å². The van der Waals surface area contributed by atoms with Crippen molar-refractivity contribution < 1.29 is 4.74 Å². The van der Waals surface area contributed by atoms with E-state index in [1.54, 1.807) is 19.5 Å². The first-order valence-electron chi connectivity index (χ1n) is 5.11. The largest absolute Gasteiger partial charge is 0.496 e. The van der Waals surface area contributed by atoms with Crippen LogP contribution in [-0.4, -0.2) is 12.1 Å². The molecule has 3 nitrogen and oxygen atoms in total. The van der Waals surface area contributed by atoms with Gasteiger partial charge >= 0.3 is 0 Å². The second kappa shape index (κ2) is 4.77. The van der Waals surface area contributed by atoms with Gasteiger partial charge in [-0.2, -0.15) is 0 Å². The summed E-state index contributed by atoms with van der Waals surface area (Å²) in [5, 5.41) is 0. The van der Waals surface area contributed by atoms with Crippen molar-refractivity contribution in [1.82, 2.24) is 4.98 Å². The Labute approximate surface area is 94.9 Å². The monoisotopic (exact) mass is 214 g/mol. The third-order valence-electron chi connectivity index (χ3n) is 2.54. The van der Waals surface area contributed by atoms with Crippen molar-refractivity contribution in [3.63, 3.8) is 0 Å². The molecule has 0 saturated heterocycles. The lowest BCUT2D eigenvalue weighted by Gasteiger charge is -2.15. The third kappa shape index (κ3) is 2.04. The van der Waals surface area contributed by atoms with Gasteiger partial charge in [-0.25, -0.2) is 0 Å². The van der Waals surface area contributed by atoms with E-state index in [2.05, 4.69) is 4.98 Å². The number of nitrogens with two attached hydrogens (primary N) is 1. The summed E-state index contributed by atoms with van der Waals surface area (Å²) in [7, 11) is 1.65. The Morgan fingerprint density at radius 1 is 1.12 bits per heavy atom. The second-order valence-corrected chi connectivity index (χ2v) is 3.50. The number of ether oxygens (including phenoxy) is 1. The lowest BCUT2D eigenvalue weighted by Crippen LogP contribution is -2.12. The van der Waals surface area contributed by atoms with Crippen LogP contribution in [0.5, 0.6) is 5.75 Å². The molecular formula is C13H14N2O. The van der Waals surface area contributed by atoms with Crippen molar-refractivity contribution >= 4 is 0 Å². The first-order valence-corrected chi connectivity index (χ1v) is 5.11. The Bertz CT molecular complexity index is 456. The number of pyridine rings is 1. The maximum Gasteiger partial charge on any atom is 0.123 e. The molecule has 0 unspecified atom stereocenters. The van der Waals surface area contributed by atoms with Crippen LogP contribution in [0.25, 0.3) is 0 Å². The molecule has 2 rings (SSSR count). The Balaban J connectivity index is 2.37. The molecule has 0 aliphatic carbocycles. The van der Waals surface area contributed by atoms with E-state index in [0.717, 1.165) is 16.9 Å². The maximum atomic E-state index is 6.18. The molecule has 82 valence electrons. The van der Waals surface area contributed by atoms with Crippen LogP contribution < -0.4 is 10.5 Å². The highest BCUT2D eigenvalue weighted by atomic mass is 16.5. The smallest absolute Gasteiger partial charge is 0.123 e. The Morgan fingerprint density at radius 3 is 2.50 bits per heavy atom. The van der Waals surface area contributed by atoms with Crippen molar-refractivity contribution in [2.75, 3.05) is 7.11 Å².